The second-order valence-electron chi connectivity index (χ2n) is 10.6. The molecule has 7 nitrogen and oxygen atoms in total. The monoisotopic (exact) mass is 480 g/mol. The predicted molar refractivity (Wildman–Crippen MR) is 135 cm³/mol. The highest BCUT2D eigenvalue weighted by Gasteiger charge is 2.51. The van der Waals surface area contributed by atoms with Crippen LogP contribution in [0.2, 0.25) is 0 Å². The first-order valence-corrected chi connectivity index (χ1v) is 12.0. The highest BCUT2D eigenvalue weighted by molar-refractivity contribution is 6.00. The maximum Gasteiger partial charge on any atom is 0.331 e. The first-order chi connectivity index (χ1) is 16.4. The van der Waals surface area contributed by atoms with Crippen LogP contribution in [0.5, 0.6) is 5.75 Å². The molecule has 0 bridgehead atoms. The molecule has 0 aliphatic carbocycles. The summed E-state index contributed by atoms with van der Waals surface area (Å²) < 4.78 is 5.57. The fourth-order valence-corrected chi connectivity index (χ4v) is 4.87. The van der Waals surface area contributed by atoms with Gasteiger partial charge in [-0.05, 0) is 47.6 Å². The Bertz CT molecular complexity index is 1090. The van der Waals surface area contributed by atoms with Gasteiger partial charge in [0.25, 0.3) is 11.8 Å². The largest absolute Gasteiger partial charge is 0.496 e. The van der Waals surface area contributed by atoms with Crippen LogP contribution in [-0.2, 0) is 10.2 Å². The zero-order valence-corrected chi connectivity index (χ0v) is 21.5. The summed E-state index contributed by atoms with van der Waals surface area (Å²) in [5, 5.41) is 10.5. The molecule has 1 aliphatic heterocycles. The highest BCUT2D eigenvalue weighted by Crippen LogP contribution is 2.35. The Morgan fingerprint density at radius 3 is 2.20 bits per heavy atom. The third-order valence-electron chi connectivity index (χ3n) is 6.52. The van der Waals surface area contributed by atoms with Gasteiger partial charge in [-0.3, -0.25) is 9.59 Å². The number of carboxylic acid groups (broad SMARTS) is 1. The summed E-state index contributed by atoms with van der Waals surface area (Å²) in [6.07, 6.45) is 0.226. The second-order valence-corrected chi connectivity index (χ2v) is 10.6. The van der Waals surface area contributed by atoms with Crippen LogP contribution in [0.4, 0.5) is 0 Å². The van der Waals surface area contributed by atoms with Crippen LogP contribution in [0.3, 0.4) is 0 Å². The fourth-order valence-electron chi connectivity index (χ4n) is 4.87. The van der Waals surface area contributed by atoms with Crippen molar-refractivity contribution in [1.29, 1.82) is 0 Å². The van der Waals surface area contributed by atoms with Gasteiger partial charge in [-0.1, -0.05) is 58.9 Å². The first kappa shape index (κ1) is 26.3. The van der Waals surface area contributed by atoms with Crippen molar-refractivity contribution < 1.29 is 24.2 Å². The zero-order chi connectivity index (χ0) is 26.0. The van der Waals surface area contributed by atoms with Gasteiger partial charge < -0.3 is 19.6 Å². The minimum Gasteiger partial charge on any atom is -0.496 e. The van der Waals surface area contributed by atoms with Crippen molar-refractivity contribution in [3.05, 3.63) is 65.2 Å². The Balaban J connectivity index is 2.01. The number of nitrogens with zero attached hydrogens (tertiary/aromatic N) is 2. The summed E-state index contributed by atoms with van der Waals surface area (Å²) in [6.45, 7) is 10.3. The molecule has 3 rings (SSSR count). The smallest absolute Gasteiger partial charge is 0.331 e. The molecule has 7 heteroatoms. The number of hydrogen-bond donors (Lipinski definition) is 1. The third-order valence-corrected chi connectivity index (χ3v) is 6.52. The second kappa shape index (κ2) is 10.1. The Morgan fingerprint density at radius 1 is 1.00 bits per heavy atom. The summed E-state index contributed by atoms with van der Waals surface area (Å²) in [7, 11) is 1.56. The summed E-state index contributed by atoms with van der Waals surface area (Å²) in [5.41, 5.74) is 0.107. The molecule has 1 saturated heterocycles. The van der Waals surface area contributed by atoms with Crippen molar-refractivity contribution in [2.75, 3.05) is 26.7 Å². The number of ether oxygens (including phenoxy) is 1. The number of carbonyl (C=O) groups excluding carboxylic acids is 2. The van der Waals surface area contributed by atoms with Crippen LogP contribution in [0.25, 0.3) is 0 Å². The Labute approximate surface area is 207 Å². The summed E-state index contributed by atoms with van der Waals surface area (Å²) in [4.78, 5) is 42.8. The van der Waals surface area contributed by atoms with Crippen LogP contribution in [0.1, 0.15) is 67.3 Å². The van der Waals surface area contributed by atoms with Crippen LogP contribution in [0, 0.1) is 5.92 Å². The lowest BCUT2D eigenvalue weighted by molar-refractivity contribution is -0.154. The molecular weight excluding hydrogens is 444 g/mol. The number of methoxy groups -OCH3 is 1. The topological polar surface area (TPSA) is 87.2 Å². The number of carboxylic acids is 1. The van der Waals surface area contributed by atoms with Crippen LogP contribution >= 0.6 is 0 Å². The molecule has 35 heavy (non-hydrogen) atoms. The predicted octanol–water partition coefficient (Wildman–Crippen LogP) is 4.46. The first-order valence-electron chi connectivity index (χ1n) is 12.0. The summed E-state index contributed by atoms with van der Waals surface area (Å²) >= 11 is 0. The van der Waals surface area contributed by atoms with Crippen molar-refractivity contribution in [3.63, 3.8) is 0 Å². The SMILES string of the molecule is COc1cc(C(=O)N2CCN(C(=O)c3ccccc3)CC2(CC(C)C)C(=O)O)ccc1C(C)(C)C. The average Bonchev–Trinajstić information content (AvgIpc) is 2.82. The number of amides is 2. The van der Waals surface area contributed by atoms with Gasteiger partial charge in [-0.15, -0.1) is 0 Å². The Hall–Kier alpha value is -3.35. The van der Waals surface area contributed by atoms with E-state index in [-0.39, 0.29) is 49.2 Å². The molecular formula is C28H36N2O5. The van der Waals surface area contributed by atoms with E-state index >= 15 is 0 Å². The molecule has 2 aromatic rings. The van der Waals surface area contributed by atoms with Crippen LogP contribution in [0.15, 0.2) is 48.5 Å². The quantitative estimate of drug-likeness (QED) is 0.660. The highest BCUT2D eigenvalue weighted by atomic mass is 16.5. The van der Waals surface area contributed by atoms with Gasteiger partial charge >= 0.3 is 5.97 Å². The molecule has 1 N–H and O–H groups in total. The molecule has 0 spiro atoms. The van der Waals surface area contributed by atoms with E-state index in [1.807, 2.05) is 26.0 Å². The minimum atomic E-state index is -1.54. The van der Waals surface area contributed by atoms with Crippen molar-refractivity contribution in [3.8, 4) is 5.75 Å². The summed E-state index contributed by atoms with van der Waals surface area (Å²) in [6, 6.07) is 14.1. The van der Waals surface area contributed by atoms with Gasteiger partial charge in [0.15, 0.2) is 5.54 Å². The molecule has 0 aromatic heterocycles. The van der Waals surface area contributed by atoms with Gasteiger partial charge in [0.1, 0.15) is 5.75 Å². The lowest BCUT2D eigenvalue weighted by Crippen LogP contribution is -2.68. The molecule has 1 unspecified atom stereocenters. The number of rotatable bonds is 6. The van der Waals surface area contributed by atoms with E-state index < -0.39 is 11.5 Å². The van der Waals surface area contributed by atoms with Crippen molar-refractivity contribution in [2.24, 2.45) is 5.92 Å². The van der Waals surface area contributed by atoms with E-state index in [2.05, 4.69) is 20.8 Å². The van der Waals surface area contributed by atoms with Crippen molar-refractivity contribution in [2.45, 2.75) is 52.0 Å². The van der Waals surface area contributed by atoms with Crippen molar-refractivity contribution >= 4 is 17.8 Å². The van der Waals surface area contributed by atoms with Gasteiger partial charge in [-0.25, -0.2) is 4.79 Å². The molecule has 2 aromatic carbocycles. The van der Waals surface area contributed by atoms with E-state index in [0.717, 1.165) is 5.56 Å². The Morgan fingerprint density at radius 2 is 1.66 bits per heavy atom. The number of hydrogen-bond acceptors (Lipinski definition) is 4. The van der Waals surface area contributed by atoms with Crippen LogP contribution in [-0.4, -0.2) is 65.0 Å². The maximum atomic E-state index is 13.8. The molecule has 2 amide bonds. The van der Waals surface area contributed by atoms with Gasteiger partial charge in [0.2, 0.25) is 0 Å². The zero-order valence-electron chi connectivity index (χ0n) is 21.5. The minimum absolute atomic E-state index is 0.00835. The van der Waals surface area contributed by atoms with Crippen molar-refractivity contribution in [1.82, 2.24) is 9.80 Å². The van der Waals surface area contributed by atoms with E-state index in [0.29, 0.717) is 16.9 Å². The fraction of sp³-hybridized carbons (Fsp3) is 0.464. The van der Waals surface area contributed by atoms with E-state index in [1.165, 1.54) is 4.90 Å². The molecule has 1 aliphatic rings. The van der Waals surface area contributed by atoms with Gasteiger partial charge in [0.05, 0.1) is 13.7 Å². The molecule has 188 valence electrons. The van der Waals surface area contributed by atoms with E-state index in [1.54, 1.807) is 48.4 Å². The Kier molecular flexibility index (Phi) is 7.58. The standard InChI is InChI=1S/C28H36N2O5/c1-19(2)17-28(26(33)34)18-29(24(31)20-10-8-7-9-11-20)14-15-30(28)25(32)21-12-13-22(27(3,4)5)23(16-21)35-6/h7-13,16,19H,14-15,17-18H2,1-6H3,(H,33,34). The molecule has 1 heterocycles. The van der Waals surface area contributed by atoms with E-state index in [4.69, 9.17) is 4.74 Å². The normalized spacial score (nSPS) is 18.5. The van der Waals surface area contributed by atoms with Gasteiger partial charge in [-0.2, -0.15) is 0 Å². The van der Waals surface area contributed by atoms with Gasteiger partial charge in [0, 0.05) is 24.2 Å². The lowest BCUT2D eigenvalue weighted by atomic mass is 9.83. The number of piperazine rings is 1. The number of benzene rings is 2. The number of carbonyl (C=O) groups is 3. The average molecular weight is 481 g/mol. The lowest BCUT2D eigenvalue weighted by Gasteiger charge is -2.49. The van der Waals surface area contributed by atoms with Crippen LogP contribution < -0.4 is 4.74 Å². The molecule has 1 atom stereocenters. The molecule has 0 saturated carbocycles. The van der Waals surface area contributed by atoms with E-state index in [9.17, 15) is 19.5 Å². The summed E-state index contributed by atoms with van der Waals surface area (Å²) in [5.74, 6) is -1.14. The number of aliphatic carboxylic acids is 1. The molecule has 1 fully saturated rings. The molecule has 0 radical (unpaired) electrons. The third kappa shape index (κ3) is 5.34. The maximum absolute atomic E-state index is 13.8.